The van der Waals surface area contributed by atoms with Crippen LogP contribution in [0.25, 0.3) is 0 Å². The minimum absolute atomic E-state index is 0.707. The zero-order chi connectivity index (χ0) is 23.7. The van der Waals surface area contributed by atoms with Crippen molar-refractivity contribution in [3.05, 3.63) is 81.9 Å². The lowest BCUT2D eigenvalue weighted by Gasteiger charge is -2.22. The Morgan fingerprint density at radius 1 is 0.559 bits per heavy atom. The van der Waals surface area contributed by atoms with E-state index >= 15 is 0 Å². The van der Waals surface area contributed by atoms with Crippen molar-refractivity contribution >= 4 is 11.4 Å². The number of ether oxygens (including phenoxy) is 4. The molecule has 2 heterocycles. The highest BCUT2D eigenvalue weighted by molar-refractivity contribution is 6.18. The van der Waals surface area contributed by atoms with Crippen molar-refractivity contribution in [1.29, 1.82) is 0 Å². The van der Waals surface area contributed by atoms with Gasteiger partial charge in [-0.15, -0.1) is 0 Å². The molecule has 6 nitrogen and oxygen atoms in total. The molecule has 0 amide bonds. The lowest BCUT2D eigenvalue weighted by Crippen LogP contribution is -2.17. The summed E-state index contributed by atoms with van der Waals surface area (Å²) in [6.45, 7) is 1.48. The normalized spacial score (nSPS) is 14.4. The standard InChI is InChI=1S/C28H28N2O4/c1-31-23-13-17-8-10-29-27(21(17)15-25(23)33-3)19-6-5-7-20(12-19)28-22-16-26(34-4)24(32-2)14-18(22)9-11-30-28/h5-7,12-16H,8-11H2,1-4H3. The Morgan fingerprint density at radius 2 is 0.971 bits per heavy atom. The molecule has 2 aliphatic heterocycles. The monoisotopic (exact) mass is 456 g/mol. The highest BCUT2D eigenvalue weighted by Crippen LogP contribution is 2.35. The first-order chi connectivity index (χ1) is 16.7. The SMILES string of the molecule is COc1cc2c(cc1OC)C(c1cccc(C3=NCCc4cc(OC)c(OC)cc43)c1)=NCC2. The van der Waals surface area contributed by atoms with Gasteiger partial charge in [0.05, 0.1) is 39.9 Å². The molecule has 0 radical (unpaired) electrons. The van der Waals surface area contributed by atoms with Crippen LogP contribution in [0, 0.1) is 0 Å². The smallest absolute Gasteiger partial charge is 0.161 e. The molecule has 0 N–H and O–H groups in total. The second kappa shape index (κ2) is 9.21. The Morgan fingerprint density at radius 3 is 1.38 bits per heavy atom. The zero-order valence-electron chi connectivity index (χ0n) is 20.0. The highest BCUT2D eigenvalue weighted by Gasteiger charge is 2.23. The van der Waals surface area contributed by atoms with Gasteiger partial charge in [-0.3, -0.25) is 9.98 Å². The fourth-order valence-electron chi connectivity index (χ4n) is 4.75. The van der Waals surface area contributed by atoms with E-state index < -0.39 is 0 Å². The number of aliphatic imine (C=N–C) groups is 2. The van der Waals surface area contributed by atoms with Gasteiger partial charge in [0, 0.05) is 35.3 Å². The van der Waals surface area contributed by atoms with Gasteiger partial charge in [-0.05, 0) is 54.3 Å². The van der Waals surface area contributed by atoms with Crippen LogP contribution in [0.15, 0.2) is 58.5 Å². The van der Waals surface area contributed by atoms with E-state index in [1.165, 1.54) is 11.1 Å². The van der Waals surface area contributed by atoms with Gasteiger partial charge in [0.15, 0.2) is 23.0 Å². The number of hydrogen-bond donors (Lipinski definition) is 0. The van der Waals surface area contributed by atoms with Crippen molar-refractivity contribution < 1.29 is 18.9 Å². The average Bonchev–Trinajstić information content (AvgIpc) is 2.90. The van der Waals surface area contributed by atoms with E-state index in [9.17, 15) is 0 Å². The maximum absolute atomic E-state index is 5.56. The Labute approximate surface area is 199 Å². The van der Waals surface area contributed by atoms with Crippen LogP contribution in [-0.4, -0.2) is 53.0 Å². The van der Waals surface area contributed by atoms with Gasteiger partial charge < -0.3 is 18.9 Å². The molecular weight excluding hydrogens is 428 g/mol. The molecule has 0 aromatic heterocycles. The van der Waals surface area contributed by atoms with Crippen molar-refractivity contribution in [3.63, 3.8) is 0 Å². The van der Waals surface area contributed by atoms with Crippen molar-refractivity contribution in [3.8, 4) is 23.0 Å². The quantitative estimate of drug-likeness (QED) is 0.548. The maximum Gasteiger partial charge on any atom is 0.161 e. The van der Waals surface area contributed by atoms with Crippen molar-refractivity contribution in [1.82, 2.24) is 0 Å². The molecule has 2 aliphatic rings. The minimum atomic E-state index is 0.707. The van der Waals surface area contributed by atoms with Crippen LogP contribution in [0.5, 0.6) is 23.0 Å². The fraction of sp³-hybridized carbons (Fsp3) is 0.286. The van der Waals surface area contributed by atoms with Crippen LogP contribution in [0.1, 0.15) is 33.4 Å². The number of benzene rings is 3. The van der Waals surface area contributed by atoms with Crippen LogP contribution in [0.3, 0.4) is 0 Å². The topological polar surface area (TPSA) is 61.6 Å². The third-order valence-electron chi connectivity index (χ3n) is 6.44. The molecule has 0 aliphatic carbocycles. The van der Waals surface area contributed by atoms with Crippen molar-refractivity contribution in [2.45, 2.75) is 12.8 Å². The first kappa shape index (κ1) is 22.0. The fourth-order valence-corrected chi connectivity index (χ4v) is 4.75. The number of nitrogens with zero attached hydrogens (tertiary/aromatic N) is 2. The third kappa shape index (κ3) is 3.79. The van der Waals surface area contributed by atoms with Gasteiger partial charge in [0.25, 0.3) is 0 Å². The molecule has 3 aromatic rings. The van der Waals surface area contributed by atoms with E-state index in [1.807, 2.05) is 12.1 Å². The second-order valence-electron chi connectivity index (χ2n) is 8.27. The van der Waals surface area contributed by atoms with E-state index in [-0.39, 0.29) is 0 Å². The average molecular weight is 457 g/mol. The van der Waals surface area contributed by atoms with E-state index in [1.54, 1.807) is 28.4 Å². The predicted octanol–water partition coefficient (Wildman–Crippen LogP) is 4.51. The van der Waals surface area contributed by atoms with Gasteiger partial charge in [0.2, 0.25) is 0 Å². The number of hydrogen-bond acceptors (Lipinski definition) is 6. The van der Waals surface area contributed by atoms with Crippen LogP contribution >= 0.6 is 0 Å². The van der Waals surface area contributed by atoms with Gasteiger partial charge in [-0.2, -0.15) is 0 Å². The van der Waals surface area contributed by atoms with Crippen LogP contribution in [-0.2, 0) is 12.8 Å². The molecule has 6 heteroatoms. The molecule has 0 spiro atoms. The summed E-state index contributed by atoms with van der Waals surface area (Å²) in [6.07, 6.45) is 1.75. The maximum atomic E-state index is 5.56. The van der Waals surface area contributed by atoms with Gasteiger partial charge in [0.1, 0.15) is 0 Å². The Bertz CT molecular complexity index is 1210. The number of methoxy groups -OCH3 is 4. The van der Waals surface area contributed by atoms with Gasteiger partial charge in [-0.25, -0.2) is 0 Å². The largest absolute Gasteiger partial charge is 0.493 e. The summed E-state index contributed by atoms with van der Waals surface area (Å²) in [4.78, 5) is 9.79. The van der Waals surface area contributed by atoms with Crippen LogP contribution < -0.4 is 18.9 Å². The number of rotatable bonds is 6. The second-order valence-corrected chi connectivity index (χ2v) is 8.27. The summed E-state index contributed by atoms with van der Waals surface area (Å²) in [5.74, 6) is 2.90. The molecule has 0 saturated heterocycles. The number of fused-ring (bicyclic) bond motifs is 2. The summed E-state index contributed by atoms with van der Waals surface area (Å²) in [6, 6.07) is 16.6. The zero-order valence-corrected chi connectivity index (χ0v) is 20.0. The van der Waals surface area contributed by atoms with E-state index in [4.69, 9.17) is 28.9 Å². The minimum Gasteiger partial charge on any atom is -0.493 e. The molecule has 0 unspecified atom stereocenters. The Hall–Kier alpha value is -3.80. The summed E-state index contributed by atoms with van der Waals surface area (Å²) < 4.78 is 22.1. The summed E-state index contributed by atoms with van der Waals surface area (Å²) in [5.41, 5.74) is 8.63. The summed E-state index contributed by atoms with van der Waals surface area (Å²) in [5, 5.41) is 0. The molecule has 174 valence electrons. The lowest BCUT2D eigenvalue weighted by atomic mass is 9.89. The molecule has 0 atom stereocenters. The predicted molar refractivity (Wildman–Crippen MR) is 134 cm³/mol. The Kier molecular flexibility index (Phi) is 5.97. The third-order valence-corrected chi connectivity index (χ3v) is 6.44. The van der Waals surface area contributed by atoms with E-state index in [2.05, 4.69) is 36.4 Å². The first-order valence-electron chi connectivity index (χ1n) is 11.4. The van der Waals surface area contributed by atoms with Gasteiger partial charge >= 0.3 is 0 Å². The van der Waals surface area contributed by atoms with E-state index in [0.717, 1.165) is 71.1 Å². The first-order valence-corrected chi connectivity index (χ1v) is 11.4. The van der Waals surface area contributed by atoms with Crippen molar-refractivity contribution in [2.75, 3.05) is 41.5 Å². The van der Waals surface area contributed by atoms with Crippen LogP contribution in [0.2, 0.25) is 0 Å². The van der Waals surface area contributed by atoms with Crippen molar-refractivity contribution in [2.24, 2.45) is 9.98 Å². The molecule has 0 fully saturated rings. The molecule has 5 rings (SSSR count). The molecule has 0 saturated carbocycles. The van der Waals surface area contributed by atoms with E-state index in [0.29, 0.717) is 11.5 Å². The molecule has 3 aromatic carbocycles. The summed E-state index contributed by atoms with van der Waals surface area (Å²) >= 11 is 0. The van der Waals surface area contributed by atoms with Gasteiger partial charge in [-0.1, -0.05) is 18.2 Å². The van der Waals surface area contributed by atoms with Crippen LogP contribution in [0.4, 0.5) is 0 Å². The lowest BCUT2D eigenvalue weighted by molar-refractivity contribution is 0.354. The molecular formula is C28H28N2O4. The Balaban J connectivity index is 1.57. The highest BCUT2D eigenvalue weighted by atomic mass is 16.5. The molecule has 0 bridgehead atoms. The summed E-state index contributed by atoms with van der Waals surface area (Å²) in [7, 11) is 6.65. The molecule has 34 heavy (non-hydrogen) atoms.